The topological polar surface area (TPSA) is 37.8 Å². The molecule has 0 aliphatic carbocycles. The quantitative estimate of drug-likeness (QED) is 0.827. The van der Waals surface area contributed by atoms with Crippen molar-refractivity contribution in [2.75, 3.05) is 5.32 Å². The van der Waals surface area contributed by atoms with Gasteiger partial charge in [0.25, 0.3) is 0 Å². The molecule has 102 valence electrons. The molecule has 0 spiro atoms. The van der Waals surface area contributed by atoms with E-state index in [9.17, 15) is 0 Å². The molecule has 1 unspecified atom stereocenters. The van der Waals surface area contributed by atoms with E-state index in [-0.39, 0.29) is 5.41 Å². The molecule has 0 radical (unpaired) electrons. The number of aromatic nitrogens is 2. The average molecular weight is 270 g/mol. The van der Waals surface area contributed by atoms with Crippen LogP contribution in [-0.4, -0.2) is 16.0 Å². The first-order valence-electron chi connectivity index (χ1n) is 6.56. The minimum atomic E-state index is -0.0955. The molecule has 0 saturated heterocycles. The van der Waals surface area contributed by atoms with Gasteiger partial charge in [-0.2, -0.15) is 0 Å². The minimum absolute atomic E-state index is 0.0955. The summed E-state index contributed by atoms with van der Waals surface area (Å²) in [6.07, 6.45) is 2.27. The lowest BCUT2D eigenvalue weighted by Gasteiger charge is -2.21. The average Bonchev–Trinajstić information content (AvgIpc) is 2.23. The van der Waals surface area contributed by atoms with E-state index in [1.54, 1.807) is 0 Å². The predicted molar refractivity (Wildman–Crippen MR) is 78.5 cm³/mol. The molecule has 0 fully saturated rings. The van der Waals surface area contributed by atoms with Gasteiger partial charge in [0.05, 0.1) is 0 Å². The fourth-order valence-electron chi connectivity index (χ4n) is 1.70. The van der Waals surface area contributed by atoms with Crippen molar-refractivity contribution in [3.05, 3.63) is 16.5 Å². The molecule has 0 amide bonds. The first kappa shape index (κ1) is 15.2. The van der Waals surface area contributed by atoms with Crippen molar-refractivity contribution >= 4 is 17.4 Å². The smallest absolute Gasteiger partial charge is 0.137 e. The van der Waals surface area contributed by atoms with E-state index in [4.69, 9.17) is 11.6 Å². The molecule has 0 aliphatic rings. The summed E-state index contributed by atoms with van der Waals surface area (Å²) in [6, 6.07) is 0.396. The van der Waals surface area contributed by atoms with E-state index in [1.165, 1.54) is 0 Å². The summed E-state index contributed by atoms with van der Waals surface area (Å²) >= 11 is 6.19. The van der Waals surface area contributed by atoms with E-state index in [1.807, 2.05) is 6.92 Å². The first-order chi connectivity index (χ1) is 8.25. The third-order valence-corrected chi connectivity index (χ3v) is 3.23. The van der Waals surface area contributed by atoms with E-state index < -0.39 is 0 Å². The number of nitrogens with zero attached hydrogens (tertiary/aromatic N) is 2. The van der Waals surface area contributed by atoms with Crippen LogP contribution in [0.1, 0.15) is 58.8 Å². The SMILES string of the molecule is CCCC(C)Nc1nc(C(C)(C)C)nc(Cl)c1C. The Balaban J connectivity index is 3.07. The van der Waals surface area contributed by atoms with Gasteiger partial charge in [0.2, 0.25) is 0 Å². The van der Waals surface area contributed by atoms with E-state index in [2.05, 4.69) is 49.9 Å². The van der Waals surface area contributed by atoms with Crippen molar-refractivity contribution in [1.82, 2.24) is 9.97 Å². The van der Waals surface area contributed by atoms with Crippen molar-refractivity contribution in [3.8, 4) is 0 Å². The van der Waals surface area contributed by atoms with Crippen LogP contribution in [0.25, 0.3) is 0 Å². The van der Waals surface area contributed by atoms with Crippen molar-refractivity contribution in [2.45, 2.75) is 65.8 Å². The lowest BCUT2D eigenvalue weighted by Crippen LogP contribution is -2.21. The van der Waals surface area contributed by atoms with Gasteiger partial charge >= 0.3 is 0 Å². The van der Waals surface area contributed by atoms with Gasteiger partial charge < -0.3 is 5.32 Å². The van der Waals surface area contributed by atoms with Crippen LogP contribution in [0.3, 0.4) is 0 Å². The Morgan fingerprint density at radius 1 is 1.28 bits per heavy atom. The monoisotopic (exact) mass is 269 g/mol. The molecule has 3 nitrogen and oxygen atoms in total. The van der Waals surface area contributed by atoms with Crippen LogP contribution < -0.4 is 5.32 Å². The number of hydrogen-bond donors (Lipinski definition) is 1. The molecule has 1 aromatic rings. The molecule has 0 aromatic carbocycles. The Morgan fingerprint density at radius 3 is 2.39 bits per heavy atom. The second-order valence-electron chi connectivity index (χ2n) is 5.90. The van der Waals surface area contributed by atoms with Crippen LogP contribution in [0.2, 0.25) is 5.15 Å². The van der Waals surface area contributed by atoms with E-state index in [0.29, 0.717) is 11.2 Å². The molecule has 0 saturated carbocycles. The summed E-state index contributed by atoms with van der Waals surface area (Å²) in [6.45, 7) is 12.6. The molecule has 1 aromatic heterocycles. The van der Waals surface area contributed by atoms with Crippen LogP contribution in [-0.2, 0) is 5.41 Å². The molecule has 0 bridgehead atoms. The highest BCUT2D eigenvalue weighted by atomic mass is 35.5. The van der Waals surface area contributed by atoms with E-state index >= 15 is 0 Å². The zero-order valence-corrected chi connectivity index (χ0v) is 13.0. The van der Waals surface area contributed by atoms with Crippen LogP contribution in [0.15, 0.2) is 0 Å². The zero-order chi connectivity index (χ0) is 13.9. The zero-order valence-electron chi connectivity index (χ0n) is 12.3. The second-order valence-corrected chi connectivity index (χ2v) is 6.25. The van der Waals surface area contributed by atoms with Crippen LogP contribution in [0, 0.1) is 6.92 Å². The first-order valence-corrected chi connectivity index (χ1v) is 6.94. The van der Waals surface area contributed by atoms with Crippen molar-refractivity contribution < 1.29 is 0 Å². The number of hydrogen-bond acceptors (Lipinski definition) is 3. The standard InChI is InChI=1S/C14H24ClN3/c1-7-8-9(2)16-12-10(3)11(15)17-13(18-12)14(4,5)6/h9H,7-8H2,1-6H3,(H,16,17,18). The summed E-state index contributed by atoms with van der Waals surface area (Å²) in [5.41, 5.74) is 0.828. The highest BCUT2D eigenvalue weighted by molar-refractivity contribution is 6.30. The Hall–Kier alpha value is -0.830. The lowest BCUT2D eigenvalue weighted by molar-refractivity contribution is 0.544. The number of anilines is 1. The largest absolute Gasteiger partial charge is 0.367 e. The van der Waals surface area contributed by atoms with Crippen molar-refractivity contribution in [2.24, 2.45) is 0 Å². The van der Waals surface area contributed by atoms with Crippen molar-refractivity contribution in [1.29, 1.82) is 0 Å². The van der Waals surface area contributed by atoms with Gasteiger partial charge in [-0.1, -0.05) is 45.7 Å². The van der Waals surface area contributed by atoms with Gasteiger partial charge in [-0.15, -0.1) is 0 Å². The number of halogens is 1. The molecule has 0 aliphatic heterocycles. The van der Waals surface area contributed by atoms with Gasteiger partial charge in [0.1, 0.15) is 16.8 Å². The Labute approximate surface area is 115 Å². The molecule has 18 heavy (non-hydrogen) atoms. The molecule has 1 heterocycles. The summed E-state index contributed by atoms with van der Waals surface area (Å²) in [5, 5.41) is 3.97. The minimum Gasteiger partial charge on any atom is -0.367 e. The summed E-state index contributed by atoms with van der Waals surface area (Å²) in [4.78, 5) is 8.99. The van der Waals surface area contributed by atoms with Gasteiger partial charge in [0.15, 0.2) is 0 Å². The maximum atomic E-state index is 6.19. The van der Waals surface area contributed by atoms with Gasteiger partial charge in [-0.3, -0.25) is 0 Å². The highest BCUT2D eigenvalue weighted by Crippen LogP contribution is 2.26. The van der Waals surface area contributed by atoms with Crippen LogP contribution in [0.4, 0.5) is 5.82 Å². The summed E-state index contributed by atoms with van der Waals surface area (Å²) in [7, 11) is 0. The van der Waals surface area contributed by atoms with Gasteiger partial charge in [0, 0.05) is 17.0 Å². The number of nitrogens with one attached hydrogen (secondary N) is 1. The lowest BCUT2D eigenvalue weighted by atomic mass is 9.95. The maximum absolute atomic E-state index is 6.19. The summed E-state index contributed by atoms with van der Waals surface area (Å²) < 4.78 is 0. The molecular formula is C14H24ClN3. The molecular weight excluding hydrogens is 246 g/mol. The Morgan fingerprint density at radius 2 is 1.89 bits per heavy atom. The van der Waals surface area contributed by atoms with Crippen LogP contribution in [0.5, 0.6) is 0 Å². The van der Waals surface area contributed by atoms with Gasteiger partial charge in [-0.05, 0) is 20.3 Å². The Bertz CT molecular complexity index is 410. The molecule has 1 atom stereocenters. The fraction of sp³-hybridized carbons (Fsp3) is 0.714. The van der Waals surface area contributed by atoms with Gasteiger partial charge in [-0.25, -0.2) is 9.97 Å². The fourth-order valence-corrected chi connectivity index (χ4v) is 1.87. The van der Waals surface area contributed by atoms with Crippen LogP contribution >= 0.6 is 11.6 Å². The normalized spacial score (nSPS) is 13.5. The predicted octanol–water partition coefficient (Wildman–Crippen LogP) is 4.34. The second kappa shape index (κ2) is 5.87. The molecule has 4 heteroatoms. The molecule has 1 rings (SSSR count). The highest BCUT2D eigenvalue weighted by Gasteiger charge is 2.21. The third-order valence-electron chi connectivity index (χ3n) is 2.86. The van der Waals surface area contributed by atoms with Crippen molar-refractivity contribution in [3.63, 3.8) is 0 Å². The molecule has 1 N–H and O–H groups in total. The number of rotatable bonds is 4. The summed E-state index contributed by atoms with van der Waals surface area (Å²) in [5.74, 6) is 1.64. The Kier molecular flexibility index (Phi) is 4.97. The maximum Gasteiger partial charge on any atom is 0.137 e. The van der Waals surface area contributed by atoms with E-state index in [0.717, 1.165) is 30.0 Å². The third kappa shape index (κ3) is 3.84.